The van der Waals surface area contributed by atoms with Gasteiger partial charge in [0.05, 0.1) is 11.4 Å². The highest BCUT2D eigenvalue weighted by atomic mass is 19.2. The number of allylic oxidation sites excluding steroid dienone is 2. The second-order valence-corrected chi connectivity index (χ2v) is 11.0. The molecule has 0 amide bonds. The first kappa shape index (κ1) is 26.7. The van der Waals surface area contributed by atoms with Crippen molar-refractivity contribution in [2.24, 2.45) is 4.99 Å². The Kier molecular flexibility index (Phi) is 6.82. The summed E-state index contributed by atoms with van der Waals surface area (Å²) in [7, 11) is -2.74. The minimum atomic E-state index is -2.74. The van der Waals surface area contributed by atoms with Crippen LogP contribution in [0.25, 0.3) is 33.7 Å². The van der Waals surface area contributed by atoms with Crippen LogP contribution < -0.4 is 0 Å². The third-order valence-electron chi connectivity index (χ3n) is 8.00. The van der Waals surface area contributed by atoms with Gasteiger partial charge in [0.1, 0.15) is 0 Å². The van der Waals surface area contributed by atoms with Crippen molar-refractivity contribution < 1.29 is 8.63 Å². The molecule has 0 saturated carbocycles. The third-order valence-corrected chi connectivity index (χ3v) is 8.00. The zero-order valence-corrected chi connectivity index (χ0v) is 24.0. The van der Waals surface area contributed by atoms with E-state index < -0.39 is 7.40 Å². The average molecular weight is 540 g/mol. The van der Waals surface area contributed by atoms with Crippen LogP contribution >= 0.6 is 0 Å². The highest BCUT2D eigenvalue weighted by Gasteiger charge is 2.30. The quantitative estimate of drug-likeness (QED) is 0.198. The van der Waals surface area contributed by atoms with E-state index in [9.17, 15) is 0 Å². The standard InChI is InChI=1S/C36H31BF2N2/c1-22-16-25(4)35(26(5)17-22)36-31-19-24(3)23(2)18-30(31)34(41(36)37(38)39)21-33-29(27-12-8-6-9-13-27)20-32(40-33)28-14-10-7-11-15-28/h6-21H,1-5H3. The summed E-state index contributed by atoms with van der Waals surface area (Å²) in [5.74, 6) is 0. The molecule has 5 aromatic rings. The summed E-state index contributed by atoms with van der Waals surface area (Å²) in [4.78, 5) is 5.01. The van der Waals surface area contributed by atoms with Crippen LogP contribution in [0.1, 0.15) is 44.6 Å². The van der Waals surface area contributed by atoms with Crippen molar-refractivity contribution in [3.05, 3.63) is 141 Å². The van der Waals surface area contributed by atoms with E-state index in [1.54, 1.807) is 0 Å². The molecule has 202 valence electrons. The lowest BCUT2D eigenvalue weighted by atomic mass is 9.93. The van der Waals surface area contributed by atoms with Gasteiger partial charge in [0.15, 0.2) is 0 Å². The fraction of sp³-hybridized carbons (Fsp3) is 0.139. The molecule has 0 saturated heterocycles. The fourth-order valence-corrected chi connectivity index (χ4v) is 6.04. The van der Waals surface area contributed by atoms with Gasteiger partial charge < -0.3 is 4.48 Å². The molecule has 6 rings (SSSR count). The predicted octanol–water partition coefficient (Wildman–Crippen LogP) is 9.55. The lowest BCUT2D eigenvalue weighted by Gasteiger charge is -2.15. The van der Waals surface area contributed by atoms with Crippen LogP contribution in [0.4, 0.5) is 8.63 Å². The average Bonchev–Trinajstić information content (AvgIpc) is 3.49. The molecule has 1 aliphatic rings. The van der Waals surface area contributed by atoms with Gasteiger partial charge in [-0.25, -0.2) is 4.99 Å². The molecule has 41 heavy (non-hydrogen) atoms. The van der Waals surface area contributed by atoms with E-state index in [0.717, 1.165) is 66.6 Å². The fourth-order valence-electron chi connectivity index (χ4n) is 6.04. The van der Waals surface area contributed by atoms with E-state index in [-0.39, 0.29) is 0 Å². The Bertz CT molecular complexity index is 1870. The van der Waals surface area contributed by atoms with E-state index >= 15 is 8.63 Å². The lowest BCUT2D eigenvalue weighted by Crippen LogP contribution is -2.16. The zero-order valence-electron chi connectivity index (χ0n) is 24.0. The van der Waals surface area contributed by atoms with Gasteiger partial charge in [0.2, 0.25) is 0 Å². The largest absolute Gasteiger partial charge is 0.678 e. The van der Waals surface area contributed by atoms with Gasteiger partial charge in [-0.1, -0.05) is 78.4 Å². The number of aliphatic imine (C=N–C) groups is 1. The van der Waals surface area contributed by atoms with Crippen molar-refractivity contribution in [3.63, 3.8) is 0 Å². The summed E-state index contributed by atoms with van der Waals surface area (Å²) in [5, 5.41) is 1.62. The predicted molar refractivity (Wildman–Crippen MR) is 170 cm³/mol. The molecule has 1 aromatic heterocycles. The SMILES string of the molecule is Cc1cc(C)c(-c2c3cc(C)c(C)cc3c(C=C3N=C(c4ccccc4)C=C3c3ccccc3)n2B(F)F)c(C)c1. The Morgan fingerprint density at radius 2 is 1.24 bits per heavy atom. The summed E-state index contributed by atoms with van der Waals surface area (Å²) in [6.07, 6.45) is 3.90. The number of hydrogen-bond acceptors (Lipinski definition) is 1. The Morgan fingerprint density at radius 1 is 0.683 bits per heavy atom. The Hall–Kier alpha value is -4.51. The molecule has 0 spiro atoms. The molecule has 2 nitrogen and oxygen atoms in total. The van der Waals surface area contributed by atoms with Crippen LogP contribution in [0.3, 0.4) is 0 Å². The van der Waals surface area contributed by atoms with Crippen LogP contribution in [-0.2, 0) is 0 Å². The van der Waals surface area contributed by atoms with Gasteiger partial charge in [-0.3, -0.25) is 8.63 Å². The van der Waals surface area contributed by atoms with Crippen LogP contribution in [0, 0.1) is 34.6 Å². The number of nitrogens with zero attached hydrogens (tertiary/aromatic N) is 2. The number of benzene rings is 4. The Morgan fingerprint density at radius 3 is 1.83 bits per heavy atom. The van der Waals surface area contributed by atoms with E-state index in [1.807, 2.05) is 107 Å². The molecule has 0 radical (unpaired) electrons. The van der Waals surface area contributed by atoms with Crippen LogP contribution in [-0.4, -0.2) is 17.6 Å². The van der Waals surface area contributed by atoms with Crippen molar-refractivity contribution in [2.75, 3.05) is 0 Å². The van der Waals surface area contributed by atoms with E-state index in [4.69, 9.17) is 4.99 Å². The maximum absolute atomic E-state index is 15.3. The van der Waals surface area contributed by atoms with Crippen LogP contribution in [0.15, 0.2) is 102 Å². The Labute approximate surface area is 240 Å². The highest BCUT2D eigenvalue weighted by Crippen LogP contribution is 2.42. The monoisotopic (exact) mass is 540 g/mol. The van der Waals surface area contributed by atoms with Gasteiger partial charge in [0.25, 0.3) is 0 Å². The zero-order chi connectivity index (χ0) is 28.8. The van der Waals surface area contributed by atoms with Crippen LogP contribution in [0.2, 0.25) is 0 Å². The van der Waals surface area contributed by atoms with Crippen molar-refractivity contribution in [2.45, 2.75) is 34.6 Å². The first-order valence-corrected chi connectivity index (χ1v) is 13.9. The van der Waals surface area contributed by atoms with Gasteiger partial charge >= 0.3 is 7.40 Å². The third kappa shape index (κ3) is 4.76. The number of aromatic nitrogens is 1. The second-order valence-electron chi connectivity index (χ2n) is 11.0. The topological polar surface area (TPSA) is 17.3 Å². The van der Waals surface area contributed by atoms with Crippen molar-refractivity contribution in [1.82, 2.24) is 4.48 Å². The van der Waals surface area contributed by atoms with Gasteiger partial charge in [-0.2, -0.15) is 0 Å². The summed E-state index contributed by atoms with van der Waals surface area (Å²) < 4.78 is 31.8. The van der Waals surface area contributed by atoms with E-state index in [2.05, 4.69) is 24.3 Å². The molecule has 1 aliphatic heterocycles. The van der Waals surface area contributed by atoms with E-state index in [1.165, 1.54) is 4.48 Å². The first-order chi connectivity index (χ1) is 19.7. The summed E-state index contributed by atoms with van der Waals surface area (Å²) >= 11 is 0. The smallest absolute Gasteiger partial charge is 0.324 e. The molecule has 0 bridgehead atoms. The molecule has 5 heteroatoms. The minimum Gasteiger partial charge on any atom is -0.324 e. The molecule has 0 fully saturated rings. The second kappa shape index (κ2) is 10.5. The maximum atomic E-state index is 15.3. The number of halogens is 2. The van der Waals surface area contributed by atoms with Gasteiger partial charge in [-0.15, -0.1) is 0 Å². The molecule has 0 N–H and O–H groups in total. The van der Waals surface area contributed by atoms with Crippen LogP contribution in [0.5, 0.6) is 0 Å². The molecule has 0 atom stereocenters. The minimum absolute atomic E-state index is 0.461. The van der Waals surface area contributed by atoms with E-state index in [0.29, 0.717) is 17.1 Å². The molecule has 2 heterocycles. The molecule has 4 aromatic carbocycles. The van der Waals surface area contributed by atoms with Gasteiger partial charge in [-0.05, 0) is 86.7 Å². The van der Waals surface area contributed by atoms with Crippen molar-refractivity contribution in [3.8, 4) is 11.3 Å². The number of hydrogen-bond donors (Lipinski definition) is 0. The number of rotatable bonds is 5. The lowest BCUT2D eigenvalue weighted by molar-refractivity contribution is 0.631. The first-order valence-electron chi connectivity index (χ1n) is 13.9. The summed E-state index contributed by atoms with van der Waals surface area (Å²) in [6, 6.07) is 28.2. The maximum Gasteiger partial charge on any atom is 0.678 e. The number of aryl methyl sites for hydroxylation is 5. The van der Waals surface area contributed by atoms with Crippen molar-refractivity contribution in [1.29, 1.82) is 0 Å². The molecule has 0 unspecified atom stereocenters. The summed E-state index contributed by atoms with van der Waals surface area (Å²) in [6.45, 7) is 10.1. The molecule has 0 aliphatic carbocycles. The normalized spacial score (nSPS) is 14.1. The van der Waals surface area contributed by atoms with Crippen molar-refractivity contribution >= 4 is 35.5 Å². The Balaban J connectivity index is 1.68. The van der Waals surface area contributed by atoms with Gasteiger partial charge in [0, 0.05) is 38.9 Å². The molecular weight excluding hydrogens is 509 g/mol. The molecular formula is C36H31BF2N2. The summed E-state index contributed by atoms with van der Waals surface area (Å²) in [5.41, 5.74) is 11.4. The highest BCUT2D eigenvalue weighted by molar-refractivity contribution is 6.43. The number of fused-ring (bicyclic) bond motifs is 1.